The number of rotatable bonds is 6. The zero-order valence-electron chi connectivity index (χ0n) is 9.96. The number of halogens is 2. The van der Waals surface area contributed by atoms with E-state index in [1.165, 1.54) is 0 Å². The third-order valence-corrected chi connectivity index (χ3v) is 3.23. The monoisotopic (exact) mass is 277 g/mol. The van der Waals surface area contributed by atoms with E-state index in [9.17, 15) is 5.11 Å². The summed E-state index contributed by atoms with van der Waals surface area (Å²) in [5.74, 6) is 0. The fourth-order valence-corrected chi connectivity index (χ4v) is 2.08. The number of benzene rings is 1. The van der Waals surface area contributed by atoms with Crippen LogP contribution in [-0.2, 0) is 10.3 Å². The predicted octanol–water partition coefficient (Wildman–Crippen LogP) is 2.44. The summed E-state index contributed by atoms with van der Waals surface area (Å²) in [4.78, 5) is 0. The molecule has 1 unspecified atom stereocenters. The summed E-state index contributed by atoms with van der Waals surface area (Å²) in [5.41, 5.74) is 0.158. The van der Waals surface area contributed by atoms with Crippen LogP contribution in [0.2, 0.25) is 10.0 Å². The minimum atomic E-state index is -0.624. The summed E-state index contributed by atoms with van der Waals surface area (Å²) >= 11 is 12.1. The fourth-order valence-electron chi connectivity index (χ4n) is 1.59. The van der Waals surface area contributed by atoms with Gasteiger partial charge in [0, 0.05) is 23.7 Å². The van der Waals surface area contributed by atoms with Gasteiger partial charge in [0.15, 0.2) is 0 Å². The molecular weight excluding hydrogens is 261 g/mol. The van der Waals surface area contributed by atoms with Crippen molar-refractivity contribution in [3.63, 3.8) is 0 Å². The third-order valence-electron chi connectivity index (χ3n) is 2.66. The minimum Gasteiger partial charge on any atom is -0.394 e. The van der Waals surface area contributed by atoms with Crippen molar-refractivity contribution in [2.75, 3.05) is 26.9 Å². The Kier molecular flexibility index (Phi) is 5.70. The van der Waals surface area contributed by atoms with Gasteiger partial charge in [-0.25, -0.2) is 0 Å². The van der Waals surface area contributed by atoms with Crippen LogP contribution >= 0.6 is 23.2 Å². The average molecular weight is 278 g/mol. The lowest BCUT2D eigenvalue weighted by atomic mass is 9.93. The van der Waals surface area contributed by atoms with Gasteiger partial charge in [-0.05, 0) is 30.7 Å². The molecule has 1 atom stereocenters. The first-order valence-electron chi connectivity index (χ1n) is 5.34. The van der Waals surface area contributed by atoms with Gasteiger partial charge in [-0.2, -0.15) is 0 Å². The highest BCUT2D eigenvalue weighted by Gasteiger charge is 2.27. The molecule has 1 aromatic rings. The van der Waals surface area contributed by atoms with Gasteiger partial charge >= 0.3 is 0 Å². The Morgan fingerprint density at radius 1 is 1.41 bits per heavy atom. The first-order valence-corrected chi connectivity index (χ1v) is 6.09. The molecule has 0 aliphatic carbocycles. The molecule has 0 fully saturated rings. The number of hydrogen-bond acceptors (Lipinski definition) is 3. The van der Waals surface area contributed by atoms with Gasteiger partial charge in [0.05, 0.1) is 18.8 Å². The van der Waals surface area contributed by atoms with Crippen LogP contribution in [0.4, 0.5) is 0 Å². The second-order valence-corrected chi connectivity index (χ2v) is 4.88. The number of aliphatic hydroxyl groups excluding tert-OH is 1. The molecule has 0 aliphatic rings. The zero-order chi connectivity index (χ0) is 12.9. The van der Waals surface area contributed by atoms with E-state index in [-0.39, 0.29) is 6.61 Å². The molecule has 0 radical (unpaired) electrons. The van der Waals surface area contributed by atoms with Crippen molar-refractivity contribution in [2.45, 2.75) is 12.5 Å². The molecule has 0 saturated heterocycles. The number of methoxy groups -OCH3 is 1. The minimum absolute atomic E-state index is 0.0726. The summed E-state index contributed by atoms with van der Waals surface area (Å²) in [7, 11) is 1.63. The Hall–Kier alpha value is -0.320. The van der Waals surface area contributed by atoms with Crippen molar-refractivity contribution in [2.24, 2.45) is 0 Å². The van der Waals surface area contributed by atoms with Crippen molar-refractivity contribution in [1.29, 1.82) is 0 Å². The Bertz CT molecular complexity index is 374. The lowest BCUT2D eigenvalue weighted by Crippen LogP contribution is -2.44. The summed E-state index contributed by atoms with van der Waals surface area (Å²) in [6.45, 7) is 2.99. The van der Waals surface area contributed by atoms with Crippen LogP contribution in [0.1, 0.15) is 12.5 Å². The maximum absolute atomic E-state index is 9.55. The van der Waals surface area contributed by atoms with Gasteiger partial charge in [0.2, 0.25) is 0 Å². The Balaban J connectivity index is 2.94. The summed E-state index contributed by atoms with van der Waals surface area (Å²) in [6.07, 6.45) is 0. The van der Waals surface area contributed by atoms with E-state index in [4.69, 9.17) is 27.9 Å². The molecule has 0 saturated carbocycles. The Morgan fingerprint density at radius 2 is 2.12 bits per heavy atom. The van der Waals surface area contributed by atoms with E-state index in [1.54, 1.807) is 25.3 Å². The smallest absolute Gasteiger partial charge is 0.0656 e. The molecule has 0 bridgehead atoms. The second kappa shape index (κ2) is 6.57. The van der Waals surface area contributed by atoms with Crippen LogP contribution in [0.15, 0.2) is 18.2 Å². The highest BCUT2D eigenvalue weighted by atomic mass is 35.5. The van der Waals surface area contributed by atoms with Crippen molar-refractivity contribution in [1.82, 2.24) is 5.32 Å². The normalized spacial score (nSPS) is 14.6. The van der Waals surface area contributed by atoms with Crippen LogP contribution in [0.3, 0.4) is 0 Å². The van der Waals surface area contributed by atoms with E-state index in [1.807, 2.05) is 6.92 Å². The molecule has 1 rings (SSSR count). The van der Waals surface area contributed by atoms with E-state index in [0.29, 0.717) is 23.2 Å². The number of ether oxygens (including phenoxy) is 1. The first-order chi connectivity index (χ1) is 8.03. The molecule has 3 nitrogen and oxygen atoms in total. The fraction of sp³-hybridized carbons (Fsp3) is 0.500. The van der Waals surface area contributed by atoms with Gasteiger partial charge in [0.25, 0.3) is 0 Å². The summed E-state index contributed by atoms with van der Waals surface area (Å²) < 4.78 is 4.97. The Morgan fingerprint density at radius 3 is 2.71 bits per heavy atom. The number of hydrogen-bond donors (Lipinski definition) is 2. The van der Waals surface area contributed by atoms with Gasteiger partial charge in [-0.15, -0.1) is 0 Å². The lowest BCUT2D eigenvalue weighted by molar-refractivity contribution is 0.148. The van der Waals surface area contributed by atoms with Crippen LogP contribution in [-0.4, -0.2) is 32.0 Å². The highest BCUT2D eigenvalue weighted by molar-refractivity contribution is 6.33. The predicted molar refractivity (Wildman–Crippen MR) is 70.8 cm³/mol. The van der Waals surface area contributed by atoms with E-state index < -0.39 is 5.54 Å². The van der Waals surface area contributed by atoms with Gasteiger partial charge in [-0.3, -0.25) is 0 Å². The van der Waals surface area contributed by atoms with E-state index in [2.05, 4.69) is 5.32 Å². The van der Waals surface area contributed by atoms with Gasteiger partial charge in [0.1, 0.15) is 0 Å². The molecule has 0 aromatic heterocycles. The van der Waals surface area contributed by atoms with E-state index >= 15 is 0 Å². The van der Waals surface area contributed by atoms with Gasteiger partial charge in [-0.1, -0.05) is 23.2 Å². The molecule has 96 valence electrons. The van der Waals surface area contributed by atoms with Gasteiger partial charge < -0.3 is 15.2 Å². The molecule has 2 N–H and O–H groups in total. The van der Waals surface area contributed by atoms with Crippen LogP contribution in [0, 0.1) is 0 Å². The van der Waals surface area contributed by atoms with Crippen molar-refractivity contribution < 1.29 is 9.84 Å². The molecule has 17 heavy (non-hydrogen) atoms. The number of nitrogens with one attached hydrogen (secondary N) is 1. The van der Waals surface area contributed by atoms with Crippen LogP contribution < -0.4 is 5.32 Å². The third kappa shape index (κ3) is 3.83. The molecule has 0 heterocycles. The second-order valence-electron chi connectivity index (χ2n) is 4.03. The quantitative estimate of drug-likeness (QED) is 0.785. The zero-order valence-corrected chi connectivity index (χ0v) is 11.5. The number of aliphatic hydroxyl groups is 1. The maximum atomic E-state index is 9.55. The first kappa shape index (κ1) is 14.7. The van der Waals surface area contributed by atoms with Crippen LogP contribution in [0.5, 0.6) is 0 Å². The highest BCUT2D eigenvalue weighted by Crippen LogP contribution is 2.30. The maximum Gasteiger partial charge on any atom is 0.0656 e. The average Bonchev–Trinajstić information content (AvgIpc) is 2.32. The van der Waals surface area contributed by atoms with Crippen molar-refractivity contribution in [3.8, 4) is 0 Å². The molecular formula is C12H17Cl2NO2. The van der Waals surface area contributed by atoms with Crippen LogP contribution in [0.25, 0.3) is 0 Å². The van der Waals surface area contributed by atoms with Crippen molar-refractivity contribution in [3.05, 3.63) is 33.8 Å². The van der Waals surface area contributed by atoms with Crippen molar-refractivity contribution >= 4 is 23.2 Å². The van der Waals surface area contributed by atoms with E-state index in [0.717, 1.165) is 5.56 Å². The molecule has 5 heteroatoms. The summed E-state index contributed by atoms with van der Waals surface area (Å²) in [5, 5.41) is 13.9. The molecule has 0 amide bonds. The molecule has 1 aromatic carbocycles. The lowest BCUT2D eigenvalue weighted by Gasteiger charge is -2.30. The largest absolute Gasteiger partial charge is 0.394 e. The molecule has 0 aliphatic heterocycles. The standard InChI is InChI=1S/C12H17Cl2NO2/c1-12(8-16,15-5-6-17-2)10-7-9(13)3-4-11(10)14/h3-4,7,15-16H,5-6,8H2,1-2H3. The Labute approximate surface area is 112 Å². The topological polar surface area (TPSA) is 41.5 Å². The SMILES string of the molecule is COCCNC(C)(CO)c1cc(Cl)ccc1Cl. The summed E-state index contributed by atoms with van der Waals surface area (Å²) in [6, 6.07) is 5.21. The molecule has 0 spiro atoms.